The highest BCUT2D eigenvalue weighted by atomic mass is 19.4. The number of alkyl halides is 3. The Morgan fingerprint density at radius 3 is 2.76 bits per heavy atom. The van der Waals surface area contributed by atoms with Crippen LogP contribution in [0.4, 0.5) is 36.3 Å². The Morgan fingerprint density at radius 1 is 1.14 bits per heavy atom. The molecule has 10 heteroatoms. The zero-order valence-corrected chi connectivity index (χ0v) is 14.9. The van der Waals surface area contributed by atoms with Gasteiger partial charge in [-0.2, -0.15) is 18.2 Å². The van der Waals surface area contributed by atoms with E-state index in [0.717, 1.165) is 11.8 Å². The standard InChI is InChI=1S/C19H15F3N6O/c20-19(21,22)14-10-25-18(24-9-13-3-1-2-6-23-13)28-17(14)26-12-5-4-11-7-16(29)27-15(11)8-12/h1-6,8,10H,7,9H2,(H,27,29)(H2,24,25,26,28). The van der Waals surface area contributed by atoms with E-state index in [9.17, 15) is 18.0 Å². The topological polar surface area (TPSA) is 91.8 Å². The van der Waals surface area contributed by atoms with Gasteiger partial charge in [-0.15, -0.1) is 0 Å². The van der Waals surface area contributed by atoms with E-state index >= 15 is 0 Å². The first-order valence-electron chi connectivity index (χ1n) is 8.66. The molecule has 0 fully saturated rings. The monoisotopic (exact) mass is 400 g/mol. The van der Waals surface area contributed by atoms with E-state index in [-0.39, 0.29) is 30.6 Å². The van der Waals surface area contributed by atoms with Gasteiger partial charge in [0.05, 0.1) is 18.7 Å². The third-order valence-corrected chi connectivity index (χ3v) is 4.25. The van der Waals surface area contributed by atoms with Crippen LogP contribution in [-0.4, -0.2) is 20.9 Å². The molecule has 1 aromatic carbocycles. The first kappa shape index (κ1) is 18.7. The van der Waals surface area contributed by atoms with Crippen molar-refractivity contribution in [3.8, 4) is 0 Å². The van der Waals surface area contributed by atoms with Gasteiger partial charge in [-0.25, -0.2) is 4.98 Å². The highest BCUT2D eigenvalue weighted by molar-refractivity contribution is 5.99. The highest BCUT2D eigenvalue weighted by Gasteiger charge is 2.35. The number of benzene rings is 1. The first-order valence-corrected chi connectivity index (χ1v) is 8.66. The van der Waals surface area contributed by atoms with E-state index in [1.165, 1.54) is 0 Å². The predicted octanol–water partition coefficient (Wildman–Crippen LogP) is 3.74. The molecule has 0 saturated carbocycles. The number of hydrogen-bond acceptors (Lipinski definition) is 6. The molecule has 1 amide bonds. The van der Waals surface area contributed by atoms with E-state index in [4.69, 9.17) is 0 Å². The molecule has 0 unspecified atom stereocenters. The second-order valence-electron chi connectivity index (χ2n) is 6.35. The van der Waals surface area contributed by atoms with Crippen molar-refractivity contribution in [2.45, 2.75) is 19.1 Å². The maximum absolute atomic E-state index is 13.4. The molecule has 0 bridgehead atoms. The van der Waals surface area contributed by atoms with Crippen LogP contribution >= 0.6 is 0 Å². The molecule has 0 aliphatic carbocycles. The molecule has 1 aliphatic rings. The lowest BCUT2D eigenvalue weighted by Gasteiger charge is -2.15. The summed E-state index contributed by atoms with van der Waals surface area (Å²) in [5, 5.41) is 8.21. The van der Waals surface area contributed by atoms with Crippen LogP contribution < -0.4 is 16.0 Å². The Bertz CT molecular complexity index is 1060. The smallest absolute Gasteiger partial charge is 0.349 e. The lowest BCUT2D eigenvalue weighted by atomic mass is 10.1. The van der Waals surface area contributed by atoms with Crippen LogP contribution in [0.2, 0.25) is 0 Å². The number of hydrogen-bond donors (Lipinski definition) is 3. The number of nitrogens with zero attached hydrogens (tertiary/aromatic N) is 3. The molecule has 0 saturated heterocycles. The van der Waals surface area contributed by atoms with Gasteiger partial charge >= 0.3 is 6.18 Å². The van der Waals surface area contributed by atoms with Crippen LogP contribution in [0.3, 0.4) is 0 Å². The molecular formula is C19H15F3N6O. The van der Waals surface area contributed by atoms with Gasteiger partial charge in [0.15, 0.2) is 0 Å². The predicted molar refractivity (Wildman–Crippen MR) is 101 cm³/mol. The quantitative estimate of drug-likeness (QED) is 0.604. The summed E-state index contributed by atoms with van der Waals surface area (Å²) in [6, 6.07) is 10.2. The number of aromatic nitrogens is 3. The molecule has 29 heavy (non-hydrogen) atoms. The third kappa shape index (κ3) is 4.26. The summed E-state index contributed by atoms with van der Waals surface area (Å²) in [7, 11) is 0. The number of amides is 1. The SMILES string of the molecule is O=C1Cc2ccc(Nc3nc(NCc4ccccn4)ncc3C(F)(F)F)cc2N1. The molecular weight excluding hydrogens is 385 g/mol. The van der Waals surface area contributed by atoms with Crippen LogP contribution in [0.25, 0.3) is 0 Å². The maximum Gasteiger partial charge on any atom is 0.421 e. The van der Waals surface area contributed by atoms with Crippen LogP contribution in [0.1, 0.15) is 16.8 Å². The Kier molecular flexibility index (Phi) is 4.75. The van der Waals surface area contributed by atoms with Gasteiger partial charge in [0, 0.05) is 23.8 Å². The average Bonchev–Trinajstić information content (AvgIpc) is 3.06. The van der Waals surface area contributed by atoms with E-state index in [1.54, 1.807) is 42.6 Å². The van der Waals surface area contributed by atoms with E-state index < -0.39 is 11.7 Å². The molecule has 3 aromatic rings. The zero-order valence-electron chi connectivity index (χ0n) is 14.9. The average molecular weight is 400 g/mol. The van der Waals surface area contributed by atoms with Crippen molar-refractivity contribution in [3.63, 3.8) is 0 Å². The van der Waals surface area contributed by atoms with Crippen LogP contribution in [0, 0.1) is 0 Å². The number of anilines is 4. The fraction of sp³-hybridized carbons (Fsp3) is 0.158. The van der Waals surface area contributed by atoms with E-state index in [1.807, 2.05) is 0 Å². The number of fused-ring (bicyclic) bond motifs is 1. The number of halogens is 3. The number of rotatable bonds is 5. The fourth-order valence-electron chi connectivity index (χ4n) is 2.87. The Morgan fingerprint density at radius 2 is 2.00 bits per heavy atom. The molecule has 0 radical (unpaired) electrons. The molecule has 3 N–H and O–H groups in total. The van der Waals surface area contributed by atoms with Crippen LogP contribution in [0.15, 0.2) is 48.8 Å². The Hall–Kier alpha value is -3.69. The summed E-state index contributed by atoms with van der Waals surface area (Å²) in [6.45, 7) is 0.260. The number of pyridine rings is 1. The minimum Gasteiger partial charge on any atom is -0.349 e. The number of nitrogens with one attached hydrogen (secondary N) is 3. The van der Waals surface area contributed by atoms with Crippen molar-refractivity contribution >= 4 is 29.0 Å². The lowest BCUT2D eigenvalue weighted by Crippen LogP contribution is -2.13. The highest BCUT2D eigenvalue weighted by Crippen LogP contribution is 2.36. The van der Waals surface area contributed by atoms with Gasteiger partial charge in [-0.05, 0) is 29.8 Å². The molecule has 0 atom stereocenters. The van der Waals surface area contributed by atoms with Gasteiger partial charge in [-0.3, -0.25) is 9.78 Å². The van der Waals surface area contributed by atoms with Gasteiger partial charge < -0.3 is 16.0 Å². The van der Waals surface area contributed by atoms with E-state index in [0.29, 0.717) is 17.1 Å². The van der Waals surface area contributed by atoms with Crippen molar-refractivity contribution in [3.05, 3.63) is 65.6 Å². The summed E-state index contributed by atoms with van der Waals surface area (Å²) in [5.74, 6) is -0.517. The molecule has 148 valence electrons. The van der Waals surface area contributed by atoms with Gasteiger partial charge in [0.1, 0.15) is 11.4 Å². The fourth-order valence-corrected chi connectivity index (χ4v) is 2.87. The lowest BCUT2D eigenvalue weighted by molar-refractivity contribution is -0.137. The molecule has 0 spiro atoms. The summed E-state index contributed by atoms with van der Waals surface area (Å²) in [6.07, 6.45) is -2.04. The van der Waals surface area contributed by atoms with Gasteiger partial charge in [0.2, 0.25) is 11.9 Å². The Balaban J connectivity index is 1.60. The van der Waals surface area contributed by atoms with Crippen molar-refractivity contribution in [2.24, 2.45) is 0 Å². The molecule has 7 nitrogen and oxygen atoms in total. The largest absolute Gasteiger partial charge is 0.421 e. The molecule has 3 heterocycles. The Labute approximate surface area is 163 Å². The zero-order chi connectivity index (χ0) is 20.4. The van der Waals surface area contributed by atoms with Crippen molar-refractivity contribution < 1.29 is 18.0 Å². The summed E-state index contributed by atoms with van der Waals surface area (Å²) >= 11 is 0. The first-order chi connectivity index (χ1) is 13.9. The maximum atomic E-state index is 13.4. The van der Waals surface area contributed by atoms with Crippen molar-refractivity contribution in [1.29, 1.82) is 0 Å². The minimum absolute atomic E-state index is 0.0283. The normalized spacial score (nSPS) is 13.0. The molecule has 2 aromatic heterocycles. The number of carbonyl (C=O) groups excluding carboxylic acids is 1. The van der Waals surface area contributed by atoms with Gasteiger partial charge in [-0.1, -0.05) is 12.1 Å². The van der Waals surface area contributed by atoms with E-state index in [2.05, 4.69) is 30.9 Å². The summed E-state index contributed by atoms with van der Waals surface area (Å²) < 4.78 is 40.2. The number of carbonyl (C=O) groups is 1. The molecule has 1 aliphatic heterocycles. The van der Waals surface area contributed by atoms with Crippen molar-refractivity contribution in [2.75, 3.05) is 16.0 Å². The molecule has 4 rings (SSSR count). The summed E-state index contributed by atoms with van der Waals surface area (Å²) in [4.78, 5) is 23.4. The summed E-state index contributed by atoms with van der Waals surface area (Å²) in [5.41, 5.74) is 1.42. The van der Waals surface area contributed by atoms with Crippen molar-refractivity contribution in [1.82, 2.24) is 15.0 Å². The minimum atomic E-state index is -4.63. The van der Waals surface area contributed by atoms with Gasteiger partial charge in [0.25, 0.3) is 0 Å². The van der Waals surface area contributed by atoms with Crippen LogP contribution in [0.5, 0.6) is 0 Å². The van der Waals surface area contributed by atoms with Crippen LogP contribution in [-0.2, 0) is 23.9 Å². The second kappa shape index (κ2) is 7.38. The second-order valence-corrected chi connectivity index (χ2v) is 6.35. The third-order valence-electron chi connectivity index (χ3n) is 4.25.